The summed E-state index contributed by atoms with van der Waals surface area (Å²) < 4.78 is 40.4. The first-order valence-electron chi connectivity index (χ1n) is 8.38. The maximum absolute atomic E-state index is 13.3. The molecule has 3 rings (SSSR count). The average Bonchev–Trinajstić information content (AvgIpc) is 3.15. The van der Waals surface area contributed by atoms with Crippen molar-refractivity contribution in [2.24, 2.45) is 5.41 Å². The predicted octanol–water partition coefficient (Wildman–Crippen LogP) is 2.99. The number of halogens is 1. The van der Waals surface area contributed by atoms with Crippen molar-refractivity contribution in [1.29, 1.82) is 0 Å². The fraction of sp³-hybridized carbons (Fsp3) is 0.389. The first-order valence-corrected chi connectivity index (χ1v) is 10.7. The highest BCUT2D eigenvalue weighted by Crippen LogP contribution is 2.33. The van der Waals surface area contributed by atoms with Gasteiger partial charge in [-0.25, -0.2) is 12.8 Å². The topological polar surface area (TPSA) is 66.5 Å². The predicted molar refractivity (Wildman–Crippen MR) is 98.7 cm³/mol. The quantitative estimate of drug-likeness (QED) is 0.845. The van der Waals surface area contributed by atoms with Crippen LogP contribution < -0.4 is 5.32 Å². The number of piperidine rings is 1. The van der Waals surface area contributed by atoms with Gasteiger partial charge in [0, 0.05) is 19.6 Å². The highest BCUT2D eigenvalue weighted by molar-refractivity contribution is 7.91. The second-order valence-corrected chi connectivity index (χ2v) is 9.86. The van der Waals surface area contributed by atoms with Gasteiger partial charge in [0.25, 0.3) is 10.0 Å². The maximum Gasteiger partial charge on any atom is 0.252 e. The van der Waals surface area contributed by atoms with Gasteiger partial charge in [-0.15, -0.1) is 11.3 Å². The van der Waals surface area contributed by atoms with Crippen molar-refractivity contribution in [3.05, 3.63) is 53.2 Å². The molecule has 0 spiro atoms. The minimum absolute atomic E-state index is 0.141. The number of carbonyl (C=O) groups is 1. The normalized spacial score (nSPS) is 21.5. The lowest BCUT2D eigenvalue weighted by atomic mass is 9.82. The van der Waals surface area contributed by atoms with E-state index in [4.69, 9.17) is 0 Å². The molecular formula is C18H21FN2O3S2. The summed E-state index contributed by atoms with van der Waals surface area (Å²) in [6.07, 6.45) is 1.23. The Balaban J connectivity index is 1.69. The molecule has 1 atom stereocenters. The zero-order chi connectivity index (χ0) is 18.8. The third kappa shape index (κ3) is 3.97. The third-order valence-electron chi connectivity index (χ3n) is 4.64. The molecule has 0 radical (unpaired) electrons. The van der Waals surface area contributed by atoms with Crippen LogP contribution in [0.1, 0.15) is 25.3 Å². The fourth-order valence-corrected chi connectivity index (χ4v) is 5.91. The number of sulfonamides is 1. The lowest BCUT2D eigenvalue weighted by molar-refractivity contribution is -0.132. The van der Waals surface area contributed by atoms with Gasteiger partial charge < -0.3 is 5.32 Å². The zero-order valence-corrected chi connectivity index (χ0v) is 16.1. The number of benzene rings is 1. The van der Waals surface area contributed by atoms with E-state index >= 15 is 0 Å². The summed E-state index contributed by atoms with van der Waals surface area (Å²) in [7, 11) is -3.57. The van der Waals surface area contributed by atoms with Crippen LogP contribution in [0.25, 0.3) is 0 Å². The Kier molecular flexibility index (Phi) is 5.45. The van der Waals surface area contributed by atoms with E-state index in [1.165, 1.54) is 27.8 Å². The van der Waals surface area contributed by atoms with Gasteiger partial charge in [-0.05, 0) is 48.9 Å². The molecule has 0 saturated carbocycles. The van der Waals surface area contributed by atoms with Crippen LogP contribution in [0.5, 0.6) is 0 Å². The maximum atomic E-state index is 13.3. The monoisotopic (exact) mass is 396 g/mol. The second kappa shape index (κ2) is 7.46. The summed E-state index contributed by atoms with van der Waals surface area (Å²) in [6, 6.07) is 9.33. The van der Waals surface area contributed by atoms with Gasteiger partial charge in [0.1, 0.15) is 10.0 Å². The van der Waals surface area contributed by atoms with Crippen LogP contribution >= 0.6 is 11.3 Å². The standard InChI is InChI=1S/C18H21FN2O3S2/c1-18(17(22)20-12-14-5-2-6-15(19)11-14)8-4-9-21(13-18)26(23,24)16-7-3-10-25-16/h2-3,5-7,10-11H,4,8-9,12-13H2,1H3,(H,20,22). The number of amides is 1. The van der Waals surface area contributed by atoms with Gasteiger partial charge in [0.2, 0.25) is 5.91 Å². The molecule has 1 amide bonds. The molecule has 1 saturated heterocycles. The number of hydrogen-bond acceptors (Lipinski definition) is 4. The molecule has 1 aromatic heterocycles. The van der Waals surface area contributed by atoms with Crippen LogP contribution in [0.2, 0.25) is 0 Å². The average molecular weight is 397 g/mol. The molecule has 1 unspecified atom stereocenters. The van der Waals surface area contributed by atoms with Crippen molar-refractivity contribution in [3.8, 4) is 0 Å². The molecule has 1 fully saturated rings. The number of thiophene rings is 1. The van der Waals surface area contributed by atoms with E-state index in [1.54, 1.807) is 36.6 Å². The lowest BCUT2D eigenvalue weighted by Gasteiger charge is -2.38. The van der Waals surface area contributed by atoms with Crippen LogP contribution in [-0.2, 0) is 21.4 Å². The van der Waals surface area contributed by atoms with Gasteiger partial charge in [0.05, 0.1) is 5.41 Å². The Morgan fingerprint density at radius 3 is 2.85 bits per heavy atom. The van der Waals surface area contributed by atoms with E-state index in [0.717, 1.165) is 0 Å². The van der Waals surface area contributed by atoms with Crippen molar-refractivity contribution in [1.82, 2.24) is 9.62 Å². The summed E-state index contributed by atoms with van der Waals surface area (Å²) in [5.41, 5.74) is -0.142. The van der Waals surface area contributed by atoms with Crippen molar-refractivity contribution in [3.63, 3.8) is 0 Å². The minimum Gasteiger partial charge on any atom is -0.352 e. The Labute approximate surface area is 156 Å². The molecular weight excluding hydrogens is 375 g/mol. The molecule has 2 aromatic rings. The van der Waals surface area contributed by atoms with E-state index in [1.807, 2.05) is 0 Å². The molecule has 2 heterocycles. The van der Waals surface area contributed by atoms with Gasteiger partial charge in [-0.1, -0.05) is 18.2 Å². The third-order valence-corrected chi connectivity index (χ3v) is 7.86. The molecule has 26 heavy (non-hydrogen) atoms. The highest BCUT2D eigenvalue weighted by atomic mass is 32.2. The molecule has 1 aliphatic rings. The van der Waals surface area contributed by atoms with E-state index in [2.05, 4.69) is 5.32 Å². The smallest absolute Gasteiger partial charge is 0.252 e. The second-order valence-electron chi connectivity index (χ2n) is 6.75. The molecule has 1 aromatic carbocycles. The van der Waals surface area contributed by atoms with E-state index in [-0.39, 0.29) is 24.8 Å². The summed E-state index contributed by atoms with van der Waals surface area (Å²) in [4.78, 5) is 12.7. The molecule has 5 nitrogen and oxygen atoms in total. The van der Waals surface area contributed by atoms with Crippen molar-refractivity contribution in [2.45, 2.75) is 30.5 Å². The molecule has 1 N–H and O–H groups in total. The molecule has 140 valence electrons. The highest BCUT2D eigenvalue weighted by Gasteiger charge is 2.42. The molecule has 1 aliphatic heterocycles. The Morgan fingerprint density at radius 1 is 1.35 bits per heavy atom. The molecule has 0 bridgehead atoms. The van der Waals surface area contributed by atoms with Crippen LogP contribution in [0.4, 0.5) is 4.39 Å². The Morgan fingerprint density at radius 2 is 2.15 bits per heavy atom. The van der Waals surface area contributed by atoms with Gasteiger partial charge >= 0.3 is 0 Å². The van der Waals surface area contributed by atoms with Crippen LogP contribution in [0, 0.1) is 11.2 Å². The Bertz CT molecular complexity index is 884. The summed E-state index contributed by atoms with van der Waals surface area (Å²) in [6.45, 7) is 2.54. The van der Waals surface area contributed by atoms with E-state index in [0.29, 0.717) is 29.2 Å². The van der Waals surface area contributed by atoms with Crippen LogP contribution in [0.15, 0.2) is 46.0 Å². The lowest BCUT2D eigenvalue weighted by Crippen LogP contribution is -2.51. The van der Waals surface area contributed by atoms with E-state index < -0.39 is 15.4 Å². The van der Waals surface area contributed by atoms with E-state index in [9.17, 15) is 17.6 Å². The fourth-order valence-electron chi connectivity index (χ4n) is 3.16. The number of hydrogen-bond donors (Lipinski definition) is 1. The summed E-state index contributed by atoms with van der Waals surface area (Å²) in [5.74, 6) is -0.568. The number of nitrogens with zero attached hydrogens (tertiary/aromatic N) is 1. The zero-order valence-electron chi connectivity index (χ0n) is 14.4. The number of nitrogens with one attached hydrogen (secondary N) is 1. The van der Waals surface area contributed by atoms with Gasteiger partial charge in [-0.2, -0.15) is 4.31 Å². The molecule has 8 heteroatoms. The summed E-state index contributed by atoms with van der Waals surface area (Å²) in [5, 5.41) is 4.54. The molecule has 0 aliphatic carbocycles. The first kappa shape index (κ1) is 19.0. The van der Waals surface area contributed by atoms with Crippen molar-refractivity contribution in [2.75, 3.05) is 13.1 Å². The summed E-state index contributed by atoms with van der Waals surface area (Å²) >= 11 is 1.18. The number of rotatable bonds is 5. The van der Waals surface area contributed by atoms with Crippen molar-refractivity contribution < 1.29 is 17.6 Å². The minimum atomic E-state index is -3.57. The first-order chi connectivity index (χ1) is 12.3. The van der Waals surface area contributed by atoms with Gasteiger partial charge in [0.15, 0.2) is 0 Å². The van der Waals surface area contributed by atoms with Crippen molar-refractivity contribution >= 4 is 27.3 Å². The SMILES string of the molecule is CC1(C(=O)NCc2cccc(F)c2)CCCN(S(=O)(=O)c2cccs2)C1. The van der Waals surface area contributed by atoms with Crippen LogP contribution in [0.3, 0.4) is 0 Å². The number of carbonyl (C=O) groups excluding carboxylic acids is 1. The van der Waals surface area contributed by atoms with Gasteiger partial charge in [-0.3, -0.25) is 4.79 Å². The Hall–Kier alpha value is -1.77. The largest absolute Gasteiger partial charge is 0.352 e. The van der Waals surface area contributed by atoms with Crippen LogP contribution in [-0.4, -0.2) is 31.7 Å².